The third-order valence-electron chi connectivity index (χ3n) is 6.64. The molecular weight excluding hydrogens is 466 g/mol. The van der Waals surface area contributed by atoms with Crippen LogP contribution in [0.5, 0.6) is 0 Å². The molecule has 9 heteroatoms. The summed E-state index contributed by atoms with van der Waals surface area (Å²) in [5.41, 5.74) is 9.44. The predicted molar refractivity (Wildman–Crippen MR) is 147 cm³/mol. The fourth-order valence-corrected chi connectivity index (χ4v) is 4.75. The van der Waals surface area contributed by atoms with Crippen LogP contribution in [-0.2, 0) is 11.3 Å². The molecule has 1 aliphatic heterocycles. The number of hydrogen-bond donors (Lipinski definition) is 4. The zero-order valence-corrected chi connectivity index (χ0v) is 20.8. The molecule has 0 radical (unpaired) electrons. The molecular formula is C28H31N7O2. The second-order valence-electron chi connectivity index (χ2n) is 9.20. The van der Waals surface area contributed by atoms with E-state index < -0.39 is 0 Å². The number of aromatic nitrogens is 2. The first kappa shape index (κ1) is 24.5. The highest BCUT2D eigenvalue weighted by Crippen LogP contribution is 2.26. The molecule has 0 saturated carbocycles. The SMILES string of the molecule is CCN=CC(=CN)c1n[nH]c2ccc(C(=N)OC(=N)C3CCCN(Cc4cc5ccccc5o4)C3)cc12. The minimum atomic E-state index is -0.0799. The average molecular weight is 498 g/mol. The number of benzene rings is 2. The molecule has 0 spiro atoms. The van der Waals surface area contributed by atoms with E-state index >= 15 is 0 Å². The molecule has 5 N–H and O–H groups in total. The number of piperidine rings is 1. The van der Waals surface area contributed by atoms with Gasteiger partial charge in [0.15, 0.2) is 5.90 Å². The Morgan fingerprint density at radius 1 is 1.27 bits per heavy atom. The number of fused-ring (bicyclic) bond motifs is 2. The number of nitrogens with zero attached hydrogens (tertiary/aromatic N) is 3. The van der Waals surface area contributed by atoms with Crippen LogP contribution in [0.2, 0.25) is 0 Å². The van der Waals surface area contributed by atoms with Crippen molar-refractivity contribution >= 4 is 45.5 Å². The molecule has 37 heavy (non-hydrogen) atoms. The molecule has 9 nitrogen and oxygen atoms in total. The minimum absolute atomic E-state index is 0.0611. The van der Waals surface area contributed by atoms with Crippen LogP contribution < -0.4 is 5.73 Å². The van der Waals surface area contributed by atoms with Crippen molar-refractivity contribution < 1.29 is 9.15 Å². The summed E-state index contributed by atoms with van der Waals surface area (Å²) in [5.74, 6) is 0.892. The molecule has 0 aliphatic carbocycles. The summed E-state index contributed by atoms with van der Waals surface area (Å²) >= 11 is 0. The summed E-state index contributed by atoms with van der Waals surface area (Å²) in [6.45, 7) is 4.91. The van der Waals surface area contributed by atoms with Gasteiger partial charge >= 0.3 is 0 Å². The lowest BCUT2D eigenvalue weighted by atomic mass is 9.97. The zero-order valence-electron chi connectivity index (χ0n) is 20.8. The molecule has 4 aromatic rings. The van der Waals surface area contributed by atoms with Gasteiger partial charge in [0.2, 0.25) is 5.90 Å². The van der Waals surface area contributed by atoms with Gasteiger partial charge in [0.25, 0.3) is 0 Å². The van der Waals surface area contributed by atoms with Crippen LogP contribution in [0.15, 0.2) is 64.1 Å². The third-order valence-corrected chi connectivity index (χ3v) is 6.64. The van der Waals surface area contributed by atoms with Gasteiger partial charge in [-0.05, 0) is 56.6 Å². The highest BCUT2D eigenvalue weighted by molar-refractivity contribution is 6.14. The Morgan fingerprint density at radius 3 is 2.95 bits per heavy atom. The lowest BCUT2D eigenvalue weighted by Crippen LogP contribution is -2.39. The van der Waals surface area contributed by atoms with E-state index in [9.17, 15) is 0 Å². The van der Waals surface area contributed by atoms with Crippen molar-refractivity contribution in [3.63, 3.8) is 0 Å². The summed E-state index contributed by atoms with van der Waals surface area (Å²) in [4.78, 5) is 6.55. The Morgan fingerprint density at radius 2 is 2.14 bits per heavy atom. The predicted octanol–water partition coefficient (Wildman–Crippen LogP) is 4.93. The van der Waals surface area contributed by atoms with Crippen LogP contribution in [0.25, 0.3) is 27.4 Å². The van der Waals surface area contributed by atoms with Crippen LogP contribution in [0, 0.1) is 16.7 Å². The van der Waals surface area contributed by atoms with Gasteiger partial charge in [0.1, 0.15) is 17.0 Å². The third kappa shape index (κ3) is 5.31. The lowest BCUT2D eigenvalue weighted by molar-refractivity contribution is 0.176. The molecule has 5 rings (SSSR count). The van der Waals surface area contributed by atoms with Crippen molar-refractivity contribution in [3.05, 3.63) is 71.7 Å². The molecule has 2 aromatic carbocycles. The molecule has 1 fully saturated rings. The number of furan rings is 1. The number of aromatic amines is 1. The van der Waals surface area contributed by atoms with Crippen molar-refractivity contribution in [2.24, 2.45) is 16.6 Å². The monoisotopic (exact) mass is 497 g/mol. The Hall–Kier alpha value is -4.24. The fraction of sp³-hybridized carbons (Fsp3) is 0.286. The topological polar surface area (TPSA) is 140 Å². The first-order valence-electron chi connectivity index (χ1n) is 12.5. The van der Waals surface area contributed by atoms with E-state index in [0.717, 1.165) is 47.0 Å². The van der Waals surface area contributed by atoms with E-state index in [1.807, 2.05) is 43.3 Å². The number of rotatable bonds is 7. The number of aliphatic imine (C=N–C) groups is 1. The van der Waals surface area contributed by atoms with Gasteiger partial charge in [-0.2, -0.15) is 5.10 Å². The molecule has 190 valence electrons. The van der Waals surface area contributed by atoms with Gasteiger partial charge in [-0.1, -0.05) is 18.2 Å². The van der Waals surface area contributed by atoms with Crippen molar-refractivity contribution in [1.29, 1.82) is 10.8 Å². The van der Waals surface area contributed by atoms with E-state index in [2.05, 4.69) is 26.2 Å². The molecule has 1 saturated heterocycles. The summed E-state index contributed by atoms with van der Waals surface area (Å²) in [7, 11) is 0. The van der Waals surface area contributed by atoms with Crippen LogP contribution in [0.4, 0.5) is 0 Å². The Balaban J connectivity index is 1.25. The molecule has 1 unspecified atom stereocenters. The maximum atomic E-state index is 8.59. The van der Waals surface area contributed by atoms with Crippen LogP contribution in [-0.4, -0.2) is 52.7 Å². The molecule has 1 aliphatic rings. The van der Waals surface area contributed by atoms with E-state index in [0.29, 0.717) is 36.5 Å². The van der Waals surface area contributed by atoms with Gasteiger partial charge in [-0.25, -0.2) is 0 Å². The van der Waals surface area contributed by atoms with Crippen molar-refractivity contribution in [2.75, 3.05) is 19.6 Å². The van der Waals surface area contributed by atoms with Crippen molar-refractivity contribution in [1.82, 2.24) is 15.1 Å². The first-order valence-corrected chi connectivity index (χ1v) is 12.5. The number of hydrogen-bond acceptors (Lipinski definition) is 8. The van der Waals surface area contributed by atoms with Crippen LogP contribution in [0.3, 0.4) is 0 Å². The quantitative estimate of drug-likeness (QED) is 0.212. The minimum Gasteiger partial charge on any atom is -0.460 e. The normalized spacial score (nSPS) is 17.1. The standard InChI is InChI=1S/C28H31N7O2/c1-2-32-15-21(14-29)26-23-13-19(9-10-24(23)33-34-26)27(30)37-28(31)20-7-5-11-35(16-20)17-22-12-18-6-3-4-8-25(18)36-22/h3-4,6,8-10,12-15,20,30-31H,2,5,7,11,16-17,29H2,1H3,(H,33,34). The van der Waals surface area contributed by atoms with Gasteiger partial charge in [-0.15, -0.1) is 0 Å². The van der Waals surface area contributed by atoms with Gasteiger partial charge in [-0.3, -0.25) is 25.8 Å². The van der Waals surface area contributed by atoms with E-state index in [-0.39, 0.29) is 17.7 Å². The highest BCUT2D eigenvalue weighted by atomic mass is 16.5. The molecule has 0 bridgehead atoms. The number of allylic oxidation sites excluding steroid dienone is 1. The number of ether oxygens (including phenoxy) is 1. The number of likely N-dealkylation sites (tertiary alicyclic amines) is 1. The number of para-hydroxylation sites is 1. The van der Waals surface area contributed by atoms with E-state index in [4.69, 9.17) is 25.7 Å². The summed E-state index contributed by atoms with van der Waals surface area (Å²) in [6.07, 6.45) is 4.98. The Kier molecular flexibility index (Phi) is 7.14. The van der Waals surface area contributed by atoms with Gasteiger partial charge in [0.05, 0.1) is 12.1 Å². The van der Waals surface area contributed by atoms with Gasteiger partial charge in [0, 0.05) is 53.3 Å². The smallest absolute Gasteiger partial charge is 0.220 e. The summed E-state index contributed by atoms with van der Waals surface area (Å²) in [6, 6.07) is 15.6. The zero-order chi connectivity index (χ0) is 25.8. The average Bonchev–Trinajstić information content (AvgIpc) is 3.52. The summed E-state index contributed by atoms with van der Waals surface area (Å²) < 4.78 is 11.7. The van der Waals surface area contributed by atoms with Crippen molar-refractivity contribution in [3.8, 4) is 0 Å². The van der Waals surface area contributed by atoms with Gasteiger partial charge < -0.3 is 14.9 Å². The number of nitrogens with one attached hydrogen (secondary N) is 3. The summed E-state index contributed by atoms with van der Waals surface area (Å²) in [5, 5.41) is 26.4. The second-order valence-corrected chi connectivity index (χ2v) is 9.20. The Labute approximate surface area is 215 Å². The van der Waals surface area contributed by atoms with E-state index in [1.165, 1.54) is 6.20 Å². The highest BCUT2D eigenvalue weighted by Gasteiger charge is 2.26. The first-order chi connectivity index (χ1) is 18.1. The maximum Gasteiger partial charge on any atom is 0.220 e. The molecule has 2 aromatic heterocycles. The largest absolute Gasteiger partial charge is 0.460 e. The van der Waals surface area contributed by atoms with Crippen LogP contribution in [0.1, 0.15) is 36.8 Å². The Bertz CT molecular complexity index is 1460. The molecule has 3 heterocycles. The lowest BCUT2D eigenvalue weighted by Gasteiger charge is -2.31. The molecule has 1 atom stereocenters. The number of H-pyrrole nitrogens is 1. The fourth-order valence-electron chi connectivity index (χ4n) is 4.75. The van der Waals surface area contributed by atoms with Crippen LogP contribution >= 0.6 is 0 Å². The maximum absolute atomic E-state index is 8.59. The van der Waals surface area contributed by atoms with E-state index in [1.54, 1.807) is 12.3 Å². The molecule has 0 amide bonds. The second kappa shape index (κ2) is 10.8. The van der Waals surface area contributed by atoms with Crippen molar-refractivity contribution in [2.45, 2.75) is 26.3 Å². The number of nitrogens with two attached hydrogens (primary N) is 1.